The van der Waals surface area contributed by atoms with Gasteiger partial charge in [0.1, 0.15) is 0 Å². The molecule has 0 saturated carbocycles. The lowest BCUT2D eigenvalue weighted by atomic mass is 10.2. The third kappa shape index (κ3) is 2.02. The average molecular weight is 246 g/mol. The smallest absolute Gasteiger partial charge is 0.282 e. The van der Waals surface area contributed by atoms with Gasteiger partial charge in [0.05, 0.1) is 13.2 Å². The van der Waals surface area contributed by atoms with Crippen LogP contribution >= 0.6 is 0 Å². The first-order valence-corrected chi connectivity index (χ1v) is 6.47. The Bertz CT molecular complexity index is 373. The van der Waals surface area contributed by atoms with Crippen LogP contribution in [0.5, 0.6) is 0 Å². The fourth-order valence-corrected chi connectivity index (χ4v) is 2.54. The Hall–Kier alpha value is -1.40. The third-order valence-electron chi connectivity index (χ3n) is 3.45. The third-order valence-corrected chi connectivity index (χ3v) is 3.45. The minimum Gasteiger partial charge on any atom is -0.282 e. The fraction of sp³-hybridized carbons (Fsp3) is 0.667. The maximum atomic E-state index is 4.67. The highest BCUT2D eigenvalue weighted by molar-refractivity contribution is 5.61. The summed E-state index contributed by atoms with van der Waals surface area (Å²) in [6.45, 7) is 4.00. The number of hydrogen-bond donors (Lipinski definition) is 0. The van der Waals surface area contributed by atoms with Crippen molar-refractivity contribution >= 4 is 12.4 Å². The zero-order chi connectivity index (χ0) is 12.3. The molecule has 0 N–H and O–H groups in total. The van der Waals surface area contributed by atoms with Crippen molar-refractivity contribution in [1.29, 1.82) is 0 Å². The topological polar surface area (TPSA) is 55.9 Å². The van der Waals surface area contributed by atoms with E-state index in [-0.39, 0.29) is 0 Å². The molecule has 1 unspecified atom stereocenters. The van der Waals surface area contributed by atoms with Crippen LogP contribution in [0.4, 0.5) is 0 Å². The Morgan fingerprint density at radius 2 is 1.94 bits per heavy atom. The van der Waals surface area contributed by atoms with Crippen LogP contribution in [0.25, 0.3) is 0 Å². The Morgan fingerprint density at radius 1 is 1.00 bits per heavy atom. The van der Waals surface area contributed by atoms with Crippen LogP contribution in [0.3, 0.4) is 0 Å². The molecule has 0 bridgehead atoms. The van der Waals surface area contributed by atoms with Crippen molar-refractivity contribution in [3.05, 3.63) is 12.2 Å². The van der Waals surface area contributed by atoms with Gasteiger partial charge >= 0.3 is 0 Å². The highest BCUT2D eigenvalue weighted by atomic mass is 15.6. The predicted octanol–water partition coefficient (Wildman–Crippen LogP) is 1.13. The van der Waals surface area contributed by atoms with Gasteiger partial charge in [-0.15, -0.1) is 5.11 Å². The van der Waals surface area contributed by atoms with Crippen LogP contribution in [0, 0.1) is 0 Å². The SMILES string of the molecule is C1=CCN(C2(N3CCC=NC3)N=CCN=N2)CC1. The van der Waals surface area contributed by atoms with Crippen LogP contribution in [-0.4, -0.2) is 61.0 Å². The molecule has 6 nitrogen and oxygen atoms in total. The summed E-state index contributed by atoms with van der Waals surface area (Å²) in [5, 5.41) is 8.68. The number of hydrogen-bond acceptors (Lipinski definition) is 6. The Morgan fingerprint density at radius 3 is 2.61 bits per heavy atom. The van der Waals surface area contributed by atoms with E-state index >= 15 is 0 Å². The average Bonchev–Trinajstić information content (AvgIpc) is 2.50. The molecule has 0 spiro atoms. The second-order valence-corrected chi connectivity index (χ2v) is 4.60. The number of aliphatic imine (C=N–C) groups is 2. The summed E-state index contributed by atoms with van der Waals surface area (Å²) >= 11 is 0. The highest BCUT2D eigenvalue weighted by Crippen LogP contribution is 2.29. The second-order valence-electron chi connectivity index (χ2n) is 4.60. The Labute approximate surface area is 107 Å². The summed E-state index contributed by atoms with van der Waals surface area (Å²) in [7, 11) is 0. The van der Waals surface area contributed by atoms with E-state index in [1.54, 1.807) is 0 Å². The van der Waals surface area contributed by atoms with Crippen molar-refractivity contribution < 1.29 is 0 Å². The van der Waals surface area contributed by atoms with Crippen molar-refractivity contribution in [2.45, 2.75) is 18.8 Å². The molecular weight excluding hydrogens is 228 g/mol. The van der Waals surface area contributed by atoms with Crippen molar-refractivity contribution in [3.8, 4) is 0 Å². The van der Waals surface area contributed by atoms with E-state index in [9.17, 15) is 0 Å². The monoisotopic (exact) mass is 246 g/mol. The van der Waals surface area contributed by atoms with Gasteiger partial charge in [-0.3, -0.25) is 4.99 Å². The highest BCUT2D eigenvalue weighted by Gasteiger charge is 2.43. The predicted molar refractivity (Wildman–Crippen MR) is 71.0 cm³/mol. The molecule has 96 valence electrons. The molecule has 0 aliphatic carbocycles. The fourth-order valence-electron chi connectivity index (χ4n) is 2.54. The molecule has 0 aromatic carbocycles. The molecule has 18 heavy (non-hydrogen) atoms. The van der Waals surface area contributed by atoms with Crippen molar-refractivity contribution in [2.75, 3.05) is 32.8 Å². The lowest BCUT2D eigenvalue weighted by molar-refractivity contribution is -0.0489. The van der Waals surface area contributed by atoms with E-state index in [0.717, 1.165) is 32.5 Å². The Kier molecular flexibility index (Phi) is 3.29. The summed E-state index contributed by atoms with van der Waals surface area (Å²) in [5.41, 5.74) is 0. The van der Waals surface area contributed by atoms with E-state index < -0.39 is 5.91 Å². The van der Waals surface area contributed by atoms with E-state index in [1.165, 1.54) is 0 Å². The standard InChI is InChI=1S/C12H18N6/c1-2-8-17(9-3-1)12(14-6-7-15-16-12)18-10-4-5-13-11-18/h1-2,5-6H,3-4,7-11H2. The molecule has 3 aliphatic heterocycles. The maximum absolute atomic E-state index is 4.67. The van der Waals surface area contributed by atoms with Gasteiger partial charge in [0.2, 0.25) is 0 Å². The minimum absolute atomic E-state index is 0.586. The molecule has 6 heteroatoms. The molecule has 0 aromatic heterocycles. The van der Waals surface area contributed by atoms with Crippen molar-refractivity contribution in [3.63, 3.8) is 0 Å². The van der Waals surface area contributed by atoms with Gasteiger partial charge in [0.25, 0.3) is 5.91 Å². The maximum Gasteiger partial charge on any atom is 0.289 e. The van der Waals surface area contributed by atoms with Gasteiger partial charge in [-0.05, 0) is 12.8 Å². The van der Waals surface area contributed by atoms with Crippen LogP contribution in [-0.2, 0) is 0 Å². The van der Waals surface area contributed by atoms with E-state index in [0.29, 0.717) is 13.2 Å². The lowest BCUT2D eigenvalue weighted by Crippen LogP contribution is -2.60. The summed E-state index contributed by atoms with van der Waals surface area (Å²) in [6, 6.07) is 0. The summed E-state index contributed by atoms with van der Waals surface area (Å²) in [4.78, 5) is 13.5. The van der Waals surface area contributed by atoms with Crippen molar-refractivity contribution in [1.82, 2.24) is 9.80 Å². The molecular formula is C12H18N6. The largest absolute Gasteiger partial charge is 0.289 e. The van der Waals surface area contributed by atoms with Gasteiger partial charge in [-0.25, -0.2) is 14.8 Å². The summed E-state index contributed by atoms with van der Waals surface area (Å²) in [5.74, 6) is -0.652. The normalized spacial score (nSPS) is 33.1. The summed E-state index contributed by atoms with van der Waals surface area (Å²) < 4.78 is 0. The van der Waals surface area contributed by atoms with Gasteiger partial charge in [-0.1, -0.05) is 12.2 Å². The van der Waals surface area contributed by atoms with Crippen LogP contribution < -0.4 is 0 Å². The Balaban J connectivity index is 1.90. The second kappa shape index (κ2) is 5.07. The number of azo groups is 1. The molecule has 0 saturated heterocycles. The van der Waals surface area contributed by atoms with E-state index in [1.807, 2.05) is 12.4 Å². The molecule has 0 amide bonds. The van der Waals surface area contributed by atoms with Gasteiger partial charge in [-0.2, -0.15) is 5.11 Å². The molecule has 3 aliphatic rings. The molecule has 0 aromatic rings. The van der Waals surface area contributed by atoms with E-state index in [4.69, 9.17) is 0 Å². The number of rotatable bonds is 2. The minimum atomic E-state index is -0.652. The van der Waals surface area contributed by atoms with Crippen molar-refractivity contribution in [2.24, 2.45) is 20.2 Å². The molecule has 0 fully saturated rings. The van der Waals surface area contributed by atoms with Gasteiger partial charge in [0, 0.05) is 32.1 Å². The first-order chi connectivity index (χ1) is 8.92. The molecule has 3 rings (SSSR count). The van der Waals surface area contributed by atoms with Gasteiger partial charge < -0.3 is 0 Å². The summed E-state index contributed by atoms with van der Waals surface area (Å²) in [6.07, 6.45) is 10.2. The quantitative estimate of drug-likeness (QED) is 0.686. The van der Waals surface area contributed by atoms with Crippen LogP contribution in [0.1, 0.15) is 12.8 Å². The number of nitrogens with zero attached hydrogens (tertiary/aromatic N) is 6. The zero-order valence-electron chi connectivity index (χ0n) is 10.4. The first-order valence-electron chi connectivity index (χ1n) is 6.47. The van der Waals surface area contributed by atoms with E-state index in [2.05, 4.69) is 42.2 Å². The zero-order valence-corrected chi connectivity index (χ0v) is 10.4. The first kappa shape index (κ1) is 11.7. The van der Waals surface area contributed by atoms with Crippen LogP contribution in [0.15, 0.2) is 32.4 Å². The van der Waals surface area contributed by atoms with Gasteiger partial charge in [0.15, 0.2) is 0 Å². The molecule has 0 radical (unpaired) electrons. The van der Waals surface area contributed by atoms with Crippen LogP contribution in [0.2, 0.25) is 0 Å². The molecule has 3 heterocycles. The lowest BCUT2D eigenvalue weighted by Gasteiger charge is -2.45. The molecule has 1 atom stereocenters.